The molecular formula is C12H22N4O2. The summed E-state index contributed by atoms with van der Waals surface area (Å²) >= 11 is 0. The molecule has 1 aromatic heterocycles. The third-order valence-electron chi connectivity index (χ3n) is 2.66. The third kappa shape index (κ3) is 4.12. The highest BCUT2D eigenvalue weighted by atomic mass is 16.5. The van der Waals surface area contributed by atoms with Crippen LogP contribution in [0.1, 0.15) is 29.4 Å². The maximum Gasteiger partial charge on any atom is 0.254 e. The van der Waals surface area contributed by atoms with E-state index in [1.165, 1.54) is 0 Å². The van der Waals surface area contributed by atoms with Gasteiger partial charge in [0, 0.05) is 25.4 Å². The molecule has 0 atom stereocenters. The van der Waals surface area contributed by atoms with Gasteiger partial charge in [0.05, 0.1) is 18.4 Å². The number of amides is 1. The van der Waals surface area contributed by atoms with Crippen LogP contribution in [-0.2, 0) is 11.3 Å². The van der Waals surface area contributed by atoms with Gasteiger partial charge in [0.25, 0.3) is 5.91 Å². The van der Waals surface area contributed by atoms with Gasteiger partial charge >= 0.3 is 0 Å². The second kappa shape index (κ2) is 7.84. The molecular weight excluding hydrogens is 232 g/mol. The lowest BCUT2D eigenvalue weighted by Gasteiger charge is -2.06. The Balaban J connectivity index is 2.50. The fourth-order valence-electron chi connectivity index (χ4n) is 1.61. The number of nitrogens with two attached hydrogens (primary N) is 1. The largest absolute Gasteiger partial charge is 0.380 e. The number of hydrogen-bond acceptors (Lipinski definition) is 4. The summed E-state index contributed by atoms with van der Waals surface area (Å²) in [7, 11) is 0. The molecule has 0 unspecified atom stereocenters. The molecule has 0 spiro atoms. The van der Waals surface area contributed by atoms with Crippen molar-refractivity contribution >= 4 is 5.91 Å². The van der Waals surface area contributed by atoms with Gasteiger partial charge in [-0.25, -0.2) is 0 Å². The summed E-state index contributed by atoms with van der Waals surface area (Å²) in [5.41, 5.74) is 6.94. The van der Waals surface area contributed by atoms with Crippen molar-refractivity contribution in [3.05, 3.63) is 17.5 Å². The second-order valence-corrected chi connectivity index (χ2v) is 3.96. The van der Waals surface area contributed by atoms with E-state index in [4.69, 9.17) is 10.5 Å². The van der Waals surface area contributed by atoms with E-state index in [0.717, 1.165) is 18.7 Å². The molecule has 1 amide bonds. The van der Waals surface area contributed by atoms with E-state index < -0.39 is 0 Å². The van der Waals surface area contributed by atoms with Crippen LogP contribution in [0.2, 0.25) is 0 Å². The highest BCUT2D eigenvalue weighted by Crippen LogP contribution is 2.07. The zero-order chi connectivity index (χ0) is 13.4. The van der Waals surface area contributed by atoms with Crippen molar-refractivity contribution in [1.82, 2.24) is 15.1 Å². The molecule has 0 aromatic carbocycles. The number of hydrogen-bond donors (Lipinski definition) is 2. The van der Waals surface area contributed by atoms with Crippen molar-refractivity contribution in [2.24, 2.45) is 5.73 Å². The minimum Gasteiger partial charge on any atom is -0.380 e. The van der Waals surface area contributed by atoms with Gasteiger partial charge in [0.2, 0.25) is 0 Å². The Kier molecular flexibility index (Phi) is 6.38. The Bertz CT molecular complexity index is 376. The van der Waals surface area contributed by atoms with Crippen LogP contribution in [0.15, 0.2) is 6.20 Å². The number of nitrogens with zero attached hydrogens (tertiary/aromatic N) is 2. The molecule has 0 aliphatic heterocycles. The van der Waals surface area contributed by atoms with E-state index in [1.54, 1.807) is 6.20 Å². The van der Waals surface area contributed by atoms with Crippen molar-refractivity contribution < 1.29 is 9.53 Å². The Labute approximate surface area is 107 Å². The first-order chi connectivity index (χ1) is 8.70. The Morgan fingerprint density at radius 1 is 1.61 bits per heavy atom. The number of carbonyl (C=O) groups excluding carboxylic acids is 1. The molecule has 0 bridgehead atoms. The van der Waals surface area contributed by atoms with Crippen molar-refractivity contribution in [3.63, 3.8) is 0 Å². The third-order valence-corrected chi connectivity index (χ3v) is 2.66. The van der Waals surface area contributed by atoms with Crippen molar-refractivity contribution in [1.29, 1.82) is 0 Å². The predicted octanol–water partition coefficient (Wildman–Crippen LogP) is 0.307. The summed E-state index contributed by atoms with van der Waals surface area (Å²) in [4.78, 5) is 11.9. The number of rotatable bonds is 8. The van der Waals surface area contributed by atoms with Gasteiger partial charge in [-0.3, -0.25) is 9.48 Å². The summed E-state index contributed by atoms with van der Waals surface area (Å²) < 4.78 is 6.97. The maximum absolute atomic E-state index is 11.9. The quantitative estimate of drug-likeness (QED) is 0.654. The molecule has 1 heterocycles. The minimum absolute atomic E-state index is 0.105. The lowest BCUT2D eigenvalue weighted by molar-refractivity contribution is 0.0922. The fourth-order valence-corrected chi connectivity index (χ4v) is 1.61. The highest BCUT2D eigenvalue weighted by Gasteiger charge is 2.13. The van der Waals surface area contributed by atoms with E-state index in [1.807, 2.05) is 18.5 Å². The molecule has 0 saturated heterocycles. The van der Waals surface area contributed by atoms with Crippen LogP contribution >= 0.6 is 0 Å². The van der Waals surface area contributed by atoms with Gasteiger partial charge in [0.15, 0.2) is 0 Å². The first-order valence-electron chi connectivity index (χ1n) is 6.29. The average Bonchev–Trinajstić information content (AvgIpc) is 2.73. The summed E-state index contributed by atoms with van der Waals surface area (Å²) in [6.07, 6.45) is 2.45. The van der Waals surface area contributed by atoms with Crippen molar-refractivity contribution in [2.75, 3.05) is 26.3 Å². The standard InChI is InChI=1S/C12H22N4O2/c1-3-18-8-6-14-12(17)11-9-15-16(10(11)2)7-4-5-13/h9H,3-8,13H2,1-2H3,(H,14,17). The summed E-state index contributed by atoms with van der Waals surface area (Å²) in [6.45, 7) is 6.88. The minimum atomic E-state index is -0.105. The first kappa shape index (κ1) is 14.7. The molecule has 0 radical (unpaired) electrons. The Morgan fingerprint density at radius 3 is 3.06 bits per heavy atom. The van der Waals surface area contributed by atoms with Crippen LogP contribution in [-0.4, -0.2) is 42.0 Å². The van der Waals surface area contributed by atoms with Gasteiger partial charge in [0.1, 0.15) is 0 Å². The molecule has 0 aliphatic rings. The highest BCUT2D eigenvalue weighted by molar-refractivity contribution is 5.94. The van der Waals surface area contributed by atoms with Gasteiger partial charge < -0.3 is 15.8 Å². The first-order valence-corrected chi connectivity index (χ1v) is 6.29. The molecule has 0 aliphatic carbocycles. The molecule has 3 N–H and O–H groups in total. The summed E-state index contributed by atoms with van der Waals surface area (Å²) in [5, 5.41) is 6.99. The summed E-state index contributed by atoms with van der Waals surface area (Å²) in [6, 6.07) is 0. The number of aromatic nitrogens is 2. The van der Waals surface area contributed by atoms with Crippen LogP contribution in [0.25, 0.3) is 0 Å². The van der Waals surface area contributed by atoms with Gasteiger partial charge in [-0.15, -0.1) is 0 Å². The molecule has 0 fully saturated rings. The number of aryl methyl sites for hydroxylation is 1. The van der Waals surface area contributed by atoms with E-state index in [-0.39, 0.29) is 5.91 Å². The molecule has 0 saturated carbocycles. The Morgan fingerprint density at radius 2 is 2.39 bits per heavy atom. The smallest absolute Gasteiger partial charge is 0.254 e. The maximum atomic E-state index is 11.9. The van der Waals surface area contributed by atoms with Gasteiger partial charge in [-0.1, -0.05) is 0 Å². The lowest BCUT2D eigenvalue weighted by atomic mass is 10.2. The average molecular weight is 254 g/mol. The normalized spacial score (nSPS) is 10.6. The van der Waals surface area contributed by atoms with Gasteiger partial charge in [-0.2, -0.15) is 5.10 Å². The zero-order valence-corrected chi connectivity index (χ0v) is 11.1. The van der Waals surface area contributed by atoms with E-state index in [2.05, 4.69) is 10.4 Å². The van der Waals surface area contributed by atoms with E-state index in [9.17, 15) is 4.79 Å². The fraction of sp³-hybridized carbons (Fsp3) is 0.667. The summed E-state index contributed by atoms with van der Waals surface area (Å²) in [5.74, 6) is -0.105. The molecule has 102 valence electrons. The second-order valence-electron chi connectivity index (χ2n) is 3.96. The van der Waals surface area contributed by atoms with Gasteiger partial charge in [-0.05, 0) is 26.8 Å². The molecule has 6 heteroatoms. The monoisotopic (exact) mass is 254 g/mol. The Hall–Kier alpha value is -1.40. The lowest BCUT2D eigenvalue weighted by Crippen LogP contribution is -2.27. The van der Waals surface area contributed by atoms with Crippen molar-refractivity contribution in [3.8, 4) is 0 Å². The molecule has 18 heavy (non-hydrogen) atoms. The molecule has 1 aromatic rings. The predicted molar refractivity (Wildman–Crippen MR) is 69.5 cm³/mol. The van der Waals surface area contributed by atoms with Crippen LogP contribution in [0.4, 0.5) is 0 Å². The van der Waals surface area contributed by atoms with Crippen LogP contribution < -0.4 is 11.1 Å². The van der Waals surface area contributed by atoms with E-state index >= 15 is 0 Å². The number of carbonyl (C=O) groups is 1. The zero-order valence-electron chi connectivity index (χ0n) is 11.1. The van der Waals surface area contributed by atoms with Crippen LogP contribution in [0.3, 0.4) is 0 Å². The molecule has 6 nitrogen and oxygen atoms in total. The topological polar surface area (TPSA) is 82.2 Å². The number of ether oxygens (including phenoxy) is 1. The molecule has 1 rings (SSSR count). The SMILES string of the molecule is CCOCCNC(=O)c1cnn(CCCN)c1C. The van der Waals surface area contributed by atoms with Crippen LogP contribution in [0, 0.1) is 6.92 Å². The van der Waals surface area contributed by atoms with Crippen molar-refractivity contribution in [2.45, 2.75) is 26.8 Å². The van der Waals surface area contributed by atoms with E-state index in [0.29, 0.717) is 31.9 Å². The number of nitrogens with one attached hydrogen (secondary N) is 1. The van der Waals surface area contributed by atoms with Crippen LogP contribution in [0.5, 0.6) is 0 Å².